The molecule has 4 aromatic carbocycles. The van der Waals surface area contributed by atoms with Crippen LogP contribution in [0.25, 0.3) is 54.7 Å². The van der Waals surface area contributed by atoms with Crippen molar-refractivity contribution in [2.75, 3.05) is 0 Å². The minimum Gasteiger partial charge on any atom is -0.344 e. The van der Waals surface area contributed by atoms with Gasteiger partial charge in [0.05, 0.1) is 5.52 Å². The monoisotopic (exact) mass is 360 g/mol. The van der Waals surface area contributed by atoms with Crippen LogP contribution in [0.1, 0.15) is 0 Å². The van der Waals surface area contributed by atoms with Crippen molar-refractivity contribution in [2.24, 2.45) is 14.1 Å². The summed E-state index contributed by atoms with van der Waals surface area (Å²) in [5, 5.41) is 5.25. The molecule has 0 unspecified atom stereocenters. The normalized spacial score (nSPS) is 11.9. The van der Waals surface area contributed by atoms with Gasteiger partial charge in [0.25, 0.3) is 0 Å². The zero-order chi connectivity index (χ0) is 18.8. The molecule has 2 heterocycles. The van der Waals surface area contributed by atoms with Crippen molar-refractivity contribution < 1.29 is 0 Å². The molecule has 2 aromatic heterocycles. The standard InChI is InChI=1S/C26H20N2/c1-27-23-12-5-4-9-20(23)22-16-17(14-15-25(22)27)18-10-7-11-21-19-8-3-6-13-24(19)28(2)26(18)21/h3-16H,1-2H3. The van der Waals surface area contributed by atoms with E-state index in [1.807, 2.05) is 0 Å². The molecule has 0 fully saturated rings. The van der Waals surface area contributed by atoms with Crippen molar-refractivity contribution in [3.8, 4) is 11.1 Å². The fourth-order valence-corrected chi connectivity index (χ4v) is 4.80. The molecule has 0 aliphatic rings. The Bertz CT molecular complexity index is 1530. The summed E-state index contributed by atoms with van der Waals surface area (Å²) in [7, 11) is 4.32. The Morgan fingerprint density at radius 2 is 1.11 bits per heavy atom. The maximum Gasteiger partial charge on any atom is 0.0568 e. The first-order valence-corrected chi connectivity index (χ1v) is 9.68. The van der Waals surface area contributed by atoms with E-state index in [0.29, 0.717) is 0 Å². The maximum absolute atomic E-state index is 2.35. The van der Waals surface area contributed by atoms with E-state index in [1.165, 1.54) is 54.7 Å². The summed E-state index contributed by atoms with van der Waals surface area (Å²) >= 11 is 0. The molecule has 0 N–H and O–H groups in total. The smallest absolute Gasteiger partial charge is 0.0568 e. The van der Waals surface area contributed by atoms with E-state index in [1.54, 1.807) is 0 Å². The number of hydrogen-bond acceptors (Lipinski definition) is 0. The molecule has 2 heteroatoms. The number of rotatable bonds is 1. The van der Waals surface area contributed by atoms with Crippen LogP contribution in [0.5, 0.6) is 0 Å². The molecule has 6 rings (SSSR count). The molecule has 134 valence electrons. The molecule has 28 heavy (non-hydrogen) atoms. The van der Waals surface area contributed by atoms with E-state index in [4.69, 9.17) is 0 Å². The number of benzene rings is 4. The number of aryl methyl sites for hydroxylation is 2. The molecule has 0 aliphatic heterocycles. The molecule has 2 nitrogen and oxygen atoms in total. The van der Waals surface area contributed by atoms with Crippen LogP contribution >= 0.6 is 0 Å². The van der Waals surface area contributed by atoms with E-state index < -0.39 is 0 Å². The predicted molar refractivity (Wildman–Crippen MR) is 120 cm³/mol. The first-order chi connectivity index (χ1) is 13.7. The number of aromatic nitrogens is 2. The zero-order valence-corrected chi connectivity index (χ0v) is 16.0. The summed E-state index contributed by atoms with van der Waals surface area (Å²) in [6.07, 6.45) is 0. The average Bonchev–Trinajstić information content (AvgIpc) is 3.21. The van der Waals surface area contributed by atoms with Crippen LogP contribution in [-0.4, -0.2) is 9.13 Å². The van der Waals surface area contributed by atoms with E-state index in [2.05, 4.69) is 108 Å². The van der Waals surface area contributed by atoms with Crippen LogP contribution in [-0.2, 0) is 14.1 Å². The Hall–Kier alpha value is -3.52. The minimum atomic E-state index is 1.26. The van der Waals surface area contributed by atoms with Crippen LogP contribution < -0.4 is 0 Å². The summed E-state index contributed by atoms with van der Waals surface area (Å²) in [6.45, 7) is 0. The van der Waals surface area contributed by atoms with Gasteiger partial charge in [0.1, 0.15) is 0 Å². The fourth-order valence-electron chi connectivity index (χ4n) is 4.80. The van der Waals surface area contributed by atoms with Crippen molar-refractivity contribution in [3.05, 3.63) is 84.9 Å². The molecule has 0 radical (unpaired) electrons. The third-order valence-electron chi connectivity index (χ3n) is 6.15. The molecule has 0 atom stereocenters. The lowest BCUT2D eigenvalue weighted by Gasteiger charge is -2.08. The molecular formula is C26H20N2. The second kappa shape index (κ2) is 5.49. The Labute approximate surface area is 163 Å². The van der Waals surface area contributed by atoms with Crippen LogP contribution in [0.2, 0.25) is 0 Å². The van der Waals surface area contributed by atoms with Gasteiger partial charge in [-0.05, 0) is 29.8 Å². The van der Waals surface area contributed by atoms with Gasteiger partial charge in [-0.25, -0.2) is 0 Å². The molecule has 0 spiro atoms. The second-order valence-corrected chi connectivity index (χ2v) is 7.59. The largest absolute Gasteiger partial charge is 0.344 e. The van der Waals surface area contributed by atoms with Crippen molar-refractivity contribution in [3.63, 3.8) is 0 Å². The quantitative estimate of drug-likeness (QED) is 0.311. The van der Waals surface area contributed by atoms with Gasteiger partial charge in [-0.3, -0.25) is 0 Å². The van der Waals surface area contributed by atoms with E-state index in [0.717, 1.165) is 0 Å². The molecule has 6 aromatic rings. The van der Waals surface area contributed by atoms with Gasteiger partial charge in [-0.15, -0.1) is 0 Å². The topological polar surface area (TPSA) is 9.86 Å². The number of para-hydroxylation sites is 3. The first-order valence-electron chi connectivity index (χ1n) is 9.68. The van der Waals surface area contributed by atoms with Crippen LogP contribution in [0.15, 0.2) is 84.9 Å². The zero-order valence-electron chi connectivity index (χ0n) is 16.0. The van der Waals surface area contributed by atoms with Gasteiger partial charge >= 0.3 is 0 Å². The Morgan fingerprint density at radius 1 is 0.500 bits per heavy atom. The van der Waals surface area contributed by atoms with Gasteiger partial charge in [0.2, 0.25) is 0 Å². The van der Waals surface area contributed by atoms with Crippen molar-refractivity contribution in [2.45, 2.75) is 0 Å². The summed E-state index contributed by atoms with van der Waals surface area (Å²) in [5.41, 5.74) is 7.66. The van der Waals surface area contributed by atoms with Gasteiger partial charge in [0, 0.05) is 57.8 Å². The first kappa shape index (κ1) is 15.5. The van der Waals surface area contributed by atoms with Crippen LogP contribution in [0.3, 0.4) is 0 Å². The number of hydrogen-bond donors (Lipinski definition) is 0. The van der Waals surface area contributed by atoms with Crippen molar-refractivity contribution in [1.82, 2.24) is 9.13 Å². The SMILES string of the molecule is Cn1c2ccccc2c2cc(-c3cccc4c5ccccc5n(C)c34)ccc21. The lowest BCUT2D eigenvalue weighted by atomic mass is 10.00. The third-order valence-corrected chi connectivity index (χ3v) is 6.15. The fraction of sp³-hybridized carbons (Fsp3) is 0.0769. The van der Waals surface area contributed by atoms with E-state index in [9.17, 15) is 0 Å². The van der Waals surface area contributed by atoms with Crippen LogP contribution in [0.4, 0.5) is 0 Å². The molecule has 0 saturated heterocycles. The molecule has 0 saturated carbocycles. The Balaban J connectivity index is 1.72. The lowest BCUT2D eigenvalue weighted by Crippen LogP contribution is -1.90. The number of fused-ring (bicyclic) bond motifs is 6. The average molecular weight is 360 g/mol. The van der Waals surface area contributed by atoms with Crippen LogP contribution in [0, 0.1) is 0 Å². The lowest BCUT2D eigenvalue weighted by molar-refractivity contribution is 1.01. The highest BCUT2D eigenvalue weighted by atomic mass is 14.9. The molecule has 0 aliphatic carbocycles. The maximum atomic E-state index is 2.35. The van der Waals surface area contributed by atoms with Gasteiger partial charge in [-0.2, -0.15) is 0 Å². The summed E-state index contributed by atoms with van der Waals surface area (Å²) in [6, 6.07) is 30.8. The van der Waals surface area contributed by atoms with E-state index in [-0.39, 0.29) is 0 Å². The minimum absolute atomic E-state index is 1.26. The molecule has 0 bridgehead atoms. The summed E-state index contributed by atoms with van der Waals surface area (Å²) in [4.78, 5) is 0. The Kier molecular flexibility index (Phi) is 3.05. The third kappa shape index (κ3) is 1.92. The van der Waals surface area contributed by atoms with Crippen molar-refractivity contribution in [1.29, 1.82) is 0 Å². The highest BCUT2D eigenvalue weighted by Crippen LogP contribution is 2.37. The second-order valence-electron chi connectivity index (χ2n) is 7.59. The molecule has 0 amide bonds. The highest BCUT2D eigenvalue weighted by molar-refractivity contribution is 6.14. The summed E-state index contributed by atoms with van der Waals surface area (Å²) < 4.78 is 4.61. The Morgan fingerprint density at radius 3 is 1.89 bits per heavy atom. The predicted octanol–water partition coefficient (Wildman–Crippen LogP) is 6.64. The van der Waals surface area contributed by atoms with E-state index >= 15 is 0 Å². The summed E-state index contributed by atoms with van der Waals surface area (Å²) in [5.74, 6) is 0. The highest BCUT2D eigenvalue weighted by Gasteiger charge is 2.14. The van der Waals surface area contributed by atoms with Gasteiger partial charge in [0.15, 0.2) is 0 Å². The van der Waals surface area contributed by atoms with Crippen molar-refractivity contribution >= 4 is 43.6 Å². The molecular weight excluding hydrogens is 340 g/mol. The van der Waals surface area contributed by atoms with Gasteiger partial charge < -0.3 is 9.13 Å². The number of nitrogens with zero attached hydrogens (tertiary/aromatic N) is 2. The van der Waals surface area contributed by atoms with Gasteiger partial charge in [-0.1, -0.05) is 60.7 Å².